The highest BCUT2D eigenvalue weighted by atomic mass is 16.5. The maximum absolute atomic E-state index is 11.3. The second kappa shape index (κ2) is 4.78. The Hall–Kier alpha value is -1.14. The maximum Gasteiger partial charge on any atom is 0.431 e. The Morgan fingerprint density at radius 3 is 2.15 bits per heavy atom. The van der Waals surface area contributed by atoms with Gasteiger partial charge in [0.05, 0.1) is 13.2 Å². The van der Waals surface area contributed by atoms with E-state index in [1.54, 1.807) is 13.8 Å². The summed E-state index contributed by atoms with van der Waals surface area (Å²) in [6.45, 7) is 3.52. The molecule has 0 aromatic heterocycles. The molecule has 0 spiro atoms. The zero-order valence-electron chi connectivity index (χ0n) is 7.98. The molecular weight excluding hydrogens is 174 g/mol. The van der Waals surface area contributed by atoms with Gasteiger partial charge in [-0.25, -0.2) is 10.6 Å². The number of carbonyl (C=O) groups is 2. The van der Waals surface area contributed by atoms with Crippen LogP contribution in [0.5, 0.6) is 0 Å². The van der Waals surface area contributed by atoms with Gasteiger partial charge >= 0.3 is 6.09 Å². The molecule has 0 aromatic carbocycles. The van der Waals surface area contributed by atoms with E-state index in [4.69, 9.17) is 11.6 Å². The van der Waals surface area contributed by atoms with Crippen LogP contribution < -0.4 is 11.6 Å². The van der Waals surface area contributed by atoms with Gasteiger partial charge in [0.2, 0.25) is 0 Å². The van der Waals surface area contributed by atoms with Crippen LogP contribution in [0.15, 0.2) is 0 Å². The average molecular weight is 189 g/mol. The number of imide groups is 1. The van der Waals surface area contributed by atoms with Gasteiger partial charge in [0.25, 0.3) is 5.91 Å². The van der Waals surface area contributed by atoms with E-state index >= 15 is 0 Å². The third-order valence-corrected chi connectivity index (χ3v) is 1.61. The molecule has 6 nitrogen and oxygen atoms in total. The lowest BCUT2D eigenvalue weighted by Crippen LogP contribution is -2.52. The fourth-order valence-corrected chi connectivity index (χ4v) is 0.634. The number of nitrogens with two attached hydrogens (primary N) is 2. The number of methoxy groups -OCH3 is 1. The first kappa shape index (κ1) is 11.9. The Balaban J connectivity index is 4.34. The third-order valence-electron chi connectivity index (χ3n) is 1.61. The minimum absolute atomic E-state index is 0.0804. The number of amides is 2. The number of hydrogen-bond donors (Lipinski definition) is 2. The van der Waals surface area contributed by atoms with E-state index in [9.17, 15) is 9.59 Å². The predicted molar refractivity (Wildman–Crippen MR) is 46.3 cm³/mol. The molecule has 13 heavy (non-hydrogen) atoms. The molecule has 0 aliphatic carbocycles. The average Bonchev–Trinajstić information content (AvgIpc) is 2.12. The fraction of sp³-hybridized carbons (Fsp3) is 0.714. The molecule has 6 heteroatoms. The summed E-state index contributed by atoms with van der Waals surface area (Å²) in [5.74, 6) is 4.41. The van der Waals surface area contributed by atoms with Gasteiger partial charge in [0.15, 0.2) is 0 Å². The van der Waals surface area contributed by atoms with Crippen LogP contribution in [0.4, 0.5) is 4.79 Å². The smallest absolute Gasteiger partial charge is 0.431 e. The van der Waals surface area contributed by atoms with Crippen molar-refractivity contribution in [2.75, 3.05) is 7.11 Å². The molecule has 2 amide bonds. The first-order valence-corrected chi connectivity index (χ1v) is 3.84. The van der Waals surface area contributed by atoms with Crippen molar-refractivity contribution in [3.05, 3.63) is 0 Å². The van der Waals surface area contributed by atoms with Crippen molar-refractivity contribution in [3.8, 4) is 0 Å². The molecule has 4 N–H and O–H groups in total. The van der Waals surface area contributed by atoms with Crippen LogP contribution in [0.2, 0.25) is 0 Å². The highest BCUT2D eigenvalue weighted by Crippen LogP contribution is 2.01. The molecule has 0 unspecified atom stereocenters. The SMILES string of the molecule is COC(=O)N(N)C(=O)[C@@H](N)C(C)C. The number of carbonyl (C=O) groups excluding carboxylic acids is 2. The van der Waals surface area contributed by atoms with Crippen molar-refractivity contribution in [2.45, 2.75) is 19.9 Å². The standard InChI is InChI=1S/C7H15N3O3/c1-4(2)5(8)6(11)10(9)7(12)13-3/h4-5H,8-9H2,1-3H3/t5-/m0/s1. The van der Waals surface area contributed by atoms with Crippen molar-refractivity contribution in [1.29, 1.82) is 0 Å². The van der Waals surface area contributed by atoms with Gasteiger partial charge in [-0.15, -0.1) is 0 Å². The molecule has 1 atom stereocenters. The number of hydrazine groups is 1. The summed E-state index contributed by atoms with van der Waals surface area (Å²) in [5.41, 5.74) is 5.47. The molecule has 0 heterocycles. The molecule has 0 bridgehead atoms. The molecule has 0 saturated carbocycles. The number of ether oxygens (including phenoxy) is 1. The van der Waals surface area contributed by atoms with E-state index < -0.39 is 18.0 Å². The van der Waals surface area contributed by atoms with E-state index in [1.807, 2.05) is 0 Å². The zero-order valence-corrected chi connectivity index (χ0v) is 7.98. The Morgan fingerprint density at radius 1 is 1.38 bits per heavy atom. The van der Waals surface area contributed by atoms with Crippen LogP contribution in [-0.2, 0) is 9.53 Å². The van der Waals surface area contributed by atoms with Gasteiger partial charge in [-0.3, -0.25) is 4.79 Å². The summed E-state index contributed by atoms with van der Waals surface area (Å²) in [4.78, 5) is 22.0. The zero-order chi connectivity index (χ0) is 10.6. The van der Waals surface area contributed by atoms with Crippen molar-refractivity contribution in [2.24, 2.45) is 17.5 Å². The van der Waals surface area contributed by atoms with Crippen molar-refractivity contribution in [3.63, 3.8) is 0 Å². The van der Waals surface area contributed by atoms with Crippen LogP contribution in [0, 0.1) is 5.92 Å². The minimum atomic E-state index is -0.916. The highest BCUT2D eigenvalue weighted by Gasteiger charge is 2.26. The van der Waals surface area contributed by atoms with Gasteiger partial charge in [-0.2, -0.15) is 5.01 Å². The van der Waals surface area contributed by atoms with Crippen LogP contribution in [-0.4, -0.2) is 30.2 Å². The van der Waals surface area contributed by atoms with Gasteiger partial charge < -0.3 is 10.5 Å². The molecule has 0 radical (unpaired) electrons. The van der Waals surface area contributed by atoms with Gasteiger partial charge in [0, 0.05) is 0 Å². The molecule has 0 aliphatic rings. The van der Waals surface area contributed by atoms with Crippen molar-refractivity contribution < 1.29 is 14.3 Å². The first-order chi connectivity index (χ1) is 5.91. The number of nitrogens with zero attached hydrogens (tertiary/aromatic N) is 1. The van der Waals surface area contributed by atoms with E-state index in [0.717, 1.165) is 7.11 Å². The second-order valence-corrected chi connectivity index (χ2v) is 2.95. The summed E-state index contributed by atoms with van der Waals surface area (Å²) >= 11 is 0. The Bertz CT molecular complexity index is 205. The summed E-state index contributed by atoms with van der Waals surface area (Å²) in [5, 5.41) is 0.380. The summed E-state index contributed by atoms with van der Waals surface area (Å²) in [7, 11) is 1.14. The normalized spacial score (nSPS) is 12.5. The molecule has 0 rings (SSSR count). The first-order valence-electron chi connectivity index (χ1n) is 3.84. The number of hydrogen-bond acceptors (Lipinski definition) is 5. The molecule has 0 fully saturated rings. The molecule has 0 saturated heterocycles. The lowest BCUT2D eigenvalue weighted by atomic mass is 10.1. The summed E-state index contributed by atoms with van der Waals surface area (Å²) in [6.07, 6.45) is -0.916. The van der Waals surface area contributed by atoms with Crippen molar-refractivity contribution in [1.82, 2.24) is 5.01 Å². The molecular formula is C7H15N3O3. The monoisotopic (exact) mass is 189 g/mol. The Kier molecular flexibility index (Phi) is 4.36. The Labute approximate surface area is 76.8 Å². The lowest BCUT2D eigenvalue weighted by Gasteiger charge is -2.19. The molecule has 0 aliphatic heterocycles. The van der Waals surface area contributed by atoms with E-state index in [0.29, 0.717) is 5.01 Å². The van der Waals surface area contributed by atoms with E-state index in [2.05, 4.69) is 4.74 Å². The van der Waals surface area contributed by atoms with Gasteiger partial charge in [-0.1, -0.05) is 13.8 Å². The van der Waals surface area contributed by atoms with Gasteiger partial charge in [-0.05, 0) is 5.92 Å². The van der Waals surface area contributed by atoms with Crippen LogP contribution in [0.1, 0.15) is 13.8 Å². The largest absolute Gasteiger partial charge is 0.451 e. The lowest BCUT2D eigenvalue weighted by molar-refractivity contribution is -0.131. The Morgan fingerprint density at radius 2 is 1.85 bits per heavy atom. The topological polar surface area (TPSA) is 98.6 Å². The van der Waals surface area contributed by atoms with Crippen LogP contribution >= 0.6 is 0 Å². The quantitative estimate of drug-likeness (QED) is 0.344. The van der Waals surface area contributed by atoms with Crippen LogP contribution in [0.25, 0.3) is 0 Å². The third kappa shape index (κ3) is 3.00. The predicted octanol–water partition coefficient (Wildman–Crippen LogP) is -0.562. The molecule has 76 valence electrons. The number of rotatable bonds is 2. The highest BCUT2D eigenvalue weighted by molar-refractivity contribution is 5.94. The summed E-state index contributed by atoms with van der Waals surface area (Å²) < 4.78 is 4.25. The van der Waals surface area contributed by atoms with Crippen LogP contribution in [0.3, 0.4) is 0 Å². The molecule has 0 aromatic rings. The van der Waals surface area contributed by atoms with E-state index in [1.165, 1.54) is 0 Å². The van der Waals surface area contributed by atoms with Gasteiger partial charge in [0.1, 0.15) is 0 Å². The minimum Gasteiger partial charge on any atom is -0.451 e. The fourth-order valence-electron chi connectivity index (χ4n) is 0.634. The van der Waals surface area contributed by atoms with E-state index in [-0.39, 0.29) is 5.92 Å². The summed E-state index contributed by atoms with van der Waals surface area (Å²) in [6, 6.07) is -0.788. The second-order valence-electron chi connectivity index (χ2n) is 2.95. The van der Waals surface area contributed by atoms with Crippen molar-refractivity contribution >= 4 is 12.0 Å². The maximum atomic E-state index is 11.3.